The van der Waals surface area contributed by atoms with Gasteiger partial charge in [0.05, 0.1) is 25.9 Å². The highest BCUT2D eigenvalue weighted by molar-refractivity contribution is 14.1. The Hall–Kier alpha value is -0.170. The zero-order chi connectivity index (χ0) is 12.1. The summed E-state index contributed by atoms with van der Waals surface area (Å²) in [4.78, 5) is 0. The van der Waals surface area contributed by atoms with Crippen LogP contribution in [0.4, 0.5) is 0 Å². The van der Waals surface area contributed by atoms with Gasteiger partial charge in [-0.15, -0.1) is 0 Å². The third-order valence-corrected chi connectivity index (χ3v) is 4.08. The van der Waals surface area contributed by atoms with E-state index < -0.39 is 0 Å². The first-order chi connectivity index (χ1) is 8.22. The molecule has 1 saturated heterocycles. The molecule has 0 radical (unpaired) electrons. The quantitative estimate of drug-likeness (QED) is 0.488. The van der Waals surface area contributed by atoms with Crippen LogP contribution in [0.1, 0.15) is 18.4 Å². The number of alkyl halides is 1. The summed E-state index contributed by atoms with van der Waals surface area (Å²) < 4.78 is 11.1. The lowest BCUT2D eigenvalue weighted by molar-refractivity contribution is -0.161. The van der Waals surface area contributed by atoms with Crippen molar-refractivity contribution < 1.29 is 14.6 Å². The number of ether oxygens (including phenoxy) is 2. The van der Waals surface area contributed by atoms with Crippen LogP contribution in [0, 0.1) is 0 Å². The summed E-state index contributed by atoms with van der Waals surface area (Å²) in [6.45, 7) is 1.46. The maximum Gasteiger partial charge on any atom is 0.124 e. The maximum absolute atomic E-state index is 8.88. The second-order valence-corrected chi connectivity index (χ2v) is 6.26. The summed E-state index contributed by atoms with van der Waals surface area (Å²) in [5, 5.41) is 8.88. The average Bonchev–Trinajstić information content (AvgIpc) is 2.32. The van der Waals surface area contributed by atoms with Gasteiger partial charge in [0.15, 0.2) is 0 Å². The predicted octanol–water partition coefficient (Wildman–Crippen LogP) is 2.51. The average molecular weight is 348 g/mol. The van der Waals surface area contributed by atoms with Gasteiger partial charge < -0.3 is 14.6 Å². The Balaban J connectivity index is 1.61. The Morgan fingerprint density at radius 1 is 1.41 bits per heavy atom. The third-order valence-electron chi connectivity index (χ3n) is 2.85. The van der Waals surface area contributed by atoms with Crippen molar-refractivity contribution in [2.75, 3.05) is 13.2 Å². The van der Waals surface area contributed by atoms with E-state index in [0.717, 1.165) is 12.8 Å². The van der Waals surface area contributed by atoms with Gasteiger partial charge in [0.25, 0.3) is 0 Å². The molecule has 1 aromatic rings. The Bertz CT molecular complexity index is 336. The zero-order valence-corrected chi connectivity index (χ0v) is 11.8. The molecule has 1 aromatic carbocycles. The van der Waals surface area contributed by atoms with Crippen LogP contribution < -0.4 is 0 Å². The number of rotatable bonds is 6. The lowest BCUT2D eigenvalue weighted by Gasteiger charge is -2.43. The lowest BCUT2D eigenvalue weighted by Crippen LogP contribution is -2.47. The van der Waals surface area contributed by atoms with Gasteiger partial charge in [0.2, 0.25) is 0 Å². The molecule has 0 aromatic heterocycles. The van der Waals surface area contributed by atoms with E-state index >= 15 is 0 Å². The molecule has 0 spiro atoms. The number of hydrogen-bond donors (Lipinski definition) is 1. The summed E-state index contributed by atoms with van der Waals surface area (Å²) in [5.74, 6) is 0. The molecule has 3 nitrogen and oxygen atoms in total. The number of halogens is 1. The van der Waals surface area contributed by atoms with E-state index in [1.54, 1.807) is 0 Å². The molecule has 1 heterocycles. The molecule has 0 saturated carbocycles. The minimum atomic E-state index is -0.123. The molecule has 0 bridgehead atoms. The van der Waals surface area contributed by atoms with Crippen LogP contribution in [-0.2, 0) is 16.1 Å². The van der Waals surface area contributed by atoms with Gasteiger partial charge in [-0.2, -0.15) is 0 Å². The van der Waals surface area contributed by atoms with Gasteiger partial charge in [-0.3, -0.25) is 0 Å². The SMILES string of the molecule is OCC1CC(I)(CCOCc2ccccc2)O1. The van der Waals surface area contributed by atoms with Crippen LogP contribution >= 0.6 is 22.6 Å². The van der Waals surface area contributed by atoms with Crippen LogP contribution in [-0.4, -0.2) is 28.0 Å². The van der Waals surface area contributed by atoms with E-state index in [1.165, 1.54) is 5.56 Å². The van der Waals surface area contributed by atoms with Crippen molar-refractivity contribution in [2.45, 2.75) is 29.2 Å². The fraction of sp³-hybridized carbons (Fsp3) is 0.538. The zero-order valence-electron chi connectivity index (χ0n) is 9.64. The second-order valence-electron chi connectivity index (χ2n) is 4.30. The molecule has 94 valence electrons. The Labute approximate surface area is 115 Å². The van der Waals surface area contributed by atoms with E-state index in [2.05, 4.69) is 34.7 Å². The smallest absolute Gasteiger partial charge is 0.124 e. The van der Waals surface area contributed by atoms with Crippen molar-refractivity contribution in [1.82, 2.24) is 0 Å². The molecule has 4 heteroatoms. The van der Waals surface area contributed by atoms with Gasteiger partial charge >= 0.3 is 0 Å². The van der Waals surface area contributed by atoms with Gasteiger partial charge in [0, 0.05) is 12.8 Å². The van der Waals surface area contributed by atoms with E-state index in [-0.39, 0.29) is 16.3 Å². The molecular formula is C13H17IO3. The molecule has 2 rings (SSSR count). The highest BCUT2D eigenvalue weighted by Gasteiger charge is 2.42. The van der Waals surface area contributed by atoms with Gasteiger partial charge in [-0.05, 0) is 28.2 Å². The summed E-state index contributed by atoms with van der Waals surface area (Å²) in [7, 11) is 0. The summed E-state index contributed by atoms with van der Waals surface area (Å²) in [5.41, 5.74) is 1.19. The summed E-state index contributed by atoms with van der Waals surface area (Å²) >= 11 is 2.31. The van der Waals surface area contributed by atoms with Crippen molar-refractivity contribution in [3.63, 3.8) is 0 Å². The highest BCUT2D eigenvalue weighted by Crippen LogP contribution is 2.41. The van der Waals surface area contributed by atoms with Gasteiger partial charge in [-0.1, -0.05) is 30.3 Å². The Kier molecular flexibility index (Phi) is 4.78. The first-order valence-electron chi connectivity index (χ1n) is 5.81. The fourth-order valence-corrected chi connectivity index (χ4v) is 2.95. The van der Waals surface area contributed by atoms with Gasteiger partial charge in [-0.25, -0.2) is 0 Å². The fourth-order valence-electron chi connectivity index (χ4n) is 1.88. The number of hydrogen-bond acceptors (Lipinski definition) is 3. The van der Waals surface area contributed by atoms with E-state index in [0.29, 0.717) is 13.2 Å². The molecule has 1 fully saturated rings. The number of aliphatic hydroxyl groups is 1. The molecule has 1 aliphatic heterocycles. The highest BCUT2D eigenvalue weighted by atomic mass is 127. The first kappa shape index (κ1) is 13.3. The van der Waals surface area contributed by atoms with Crippen molar-refractivity contribution >= 4 is 22.6 Å². The van der Waals surface area contributed by atoms with Crippen molar-refractivity contribution in [1.29, 1.82) is 0 Å². The van der Waals surface area contributed by atoms with Crippen molar-refractivity contribution in [3.8, 4) is 0 Å². The van der Waals surface area contributed by atoms with Crippen LogP contribution in [0.2, 0.25) is 0 Å². The Morgan fingerprint density at radius 2 is 2.12 bits per heavy atom. The minimum Gasteiger partial charge on any atom is -0.394 e. The van der Waals surface area contributed by atoms with Crippen LogP contribution in [0.15, 0.2) is 30.3 Å². The normalized spacial score (nSPS) is 27.8. The van der Waals surface area contributed by atoms with Crippen molar-refractivity contribution in [3.05, 3.63) is 35.9 Å². The monoisotopic (exact) mass is 348 g/mol. The Morgan fingerprint density at radius 3 is 2.76 bits per heavy atom. The van der Waals surface area contributed by atoms with Crippen LogP contribution in [0.25, 0.3) is 0 Å². The molecule has 0 aliphatic carbocycles. The minimum absolute atomic E-state index is 0.0287. The van der Waals surface area contributed by atoms with Crippen LogP contribution in [0.5, 0.6) is 0 Å². The topological polar surface area (TPSA) is 38.7 Å². The summed E-state index contributed by atoms with van der Waals surface area (Å²) in [6, 6.07) is 10.1. The predicted molar refractivity (Wildman–Crippen MR) is 74.0 cm³/mol. The lowest BCUT2D eigenvalue weighted by atomic mass is 10.0. The van der Waals surface area contributed by atoms with E-state index in [4.69, 9.17) is 14.6 Å². The summed E-state index contributed by atoms with van der Waals surface area (Å²) in [6.07, 6.45) is 1.82. The van der Waals surface area contributed by atoms with Crippen molar-refractivity contribution in [2.24, 2.45) is 0 Å². The second kappa shape index (κ2) is 6.13. The molecule has 1 aliphatic rings. The maximum atomic E-state index is 8.88. The number of benzene rings is 1. The number of aliphatic hydroxyl groups excluding tert-OH is 1. The molecular weight excluding hydrogens is 331 g/mol. The largest absolute Gasteiger partial charge is 0.394 e. The first-order valence-corrected chi connectivity index (χ1v) is 6.89. The standard InChI is InChI=1S/C13H17IO3/c14-13(8-12(9-15)17-13)6-7-16-10-11-4-2-1-3-5-11/h1-5,12,15H,6-10H2. The molecule has 2 atom stereocenters. The third kappa shape index (κ3) is 3.91. The van der Waals surface area contributed by atoms with Gasteiger partial charge in [0.1, 0.15) is 3.61 Å². The molecule has 17 heavy (non-hydrogen) atoms. The molecule has 1 N–H and O–H groups in total. The molecule has 2 unspecified atom stereocenters. The van der Waals surface area contributed by atoms with E-state index in [9.17, 15) is 0 Å². The molecule has 0 amide bonds. The van der Waals surface area contributed by atoms with E-state index in [1.807, 2.05) is 18.2 Å². The van der Waals surface area contributed by atoms with Crippen LogP contribution in [0.3, 0.4) is 0 Å².